The van der Waals surface area contributed by atoms with Crippen LogP contribution < -0.4 is 5.32 Å². The van der Waals surface area contributed by atoms with Gasteiger partial charge in [-0.1, -0.05) is 43.0 Å². The molecule has 0 spiro atoms. The van der Waals surface area contributed by atoms with Gasteiger partial charge in [-0.2, -0.15) is 0 Å². The number of fused-ring (bicyclic) bond motifs is 1. The van der Waals surface area contributed by atoms with Crippen LogP contribution in [0.2, 0.25) is 0 Å². The van der Waals surface area contributed by atoms with E-state index < -0.39 is 11.2 Å². The molecule has 1 aromatic carbocycles. The molecule has 10 heteroatoms. The van der Waals surface area contributed by atoms with Gasteiger partial charge in [0.2, 0.25) is 11.0 Å². The Morgan fingerprint density at radius 1 is 1.32 bits per heavy atom. The molecule has 2 atom stereocenters. The molecule has 0 aliphatic carbocycles. The normalized spacial score (nSPS) is 20.4. The molecule has 1 saturated heterocycles. The van der Waals surface area contributed by atoms with Crippen LogP contribution in [0.25, 0.3) is 5.57 Å². The third kappa shape index (κ3) is 4.30. The zero-order valence-corrected chi connectivity index (χ0v) is 19.2. The maximum Gasteiger partial charge on any atom is 0.253 e. The summed E-state index contributed by atoms with van der Waals surface area (Å²) in [6.07, 6.45) is 0.683. The molecule has 2 aliphatic rings. The lowest BCUT2D eigenvalue weighted by molar-refractivity contribution is -0.146. The number of thioether (sulfide) groups is 1. The van der Waals surface area contributed by atoms with E-state index in [1.807, 2.05) is 37.3 Å². The van der Waals surface area contributed by atoms with Crippen molar-refractivity contribution in [1.29, 1.82) is 0 Å². The van der Waals surface area contributed by atoms with E-state index in [2.05, 4.69) is 22.9 Å². The topological polar surface area (TPSA) is 99.6 Å². The maximum atomic E-state index is 12.9. The summed E-state index contributed by atoms with van der Waals surface area (Å²) in [5.41, 5.74) is 2.57. The Kier molecular flexibility index (Phi) is 6.52. The molecule has 4 rings (SSSR count). The van der Waals surface area contributed by atoms with Gasteiger partial charge in [0, 0.05) is 29.2 Å². The Morgan fingerprint density at radius 2 is 2.06 bits per heavy atom. The largest absolute Gasteiger partial charge is 0.396 e. The summed E-state index contributed by atoms with van der Waals surface area (Å²) in [6, 6.07) is 8.64. The van der Waals surface area contributed by atoms with Gasteiger partial charge in [-0.3, -0.25) is 19.3 Å². The number of amides is 2. The fourth-order valence-corrected chi connectivity index (χ4v) is 6.45. The second-order valence-corrected chi connectivity index (χ2v) is 9.85. The number of nitrogens with zero attached hydrogens (tertiary/aromatic N) is 2. The van der Waals surface area contributed by atoms with Crippen molar-refractivity contribution in [1.82, 2.24) is 15.2 Å². The lowest BCUT2D eigenvalue weighted by atomic mass is 10.0. The summed E-state index contributed by atoms with van der Waals surface area (Å²) in [4.78, 5) is 44.6. The molecule has 0 radical (unpaired) electrons. The van der Waals surface area contributed by atoms with Gasteiger partial charge in [0.25, 0.3) is 5.91 Å². The van der Waals surface area contributed by atoms with Crippen molar-refractivity contribution in [2.75, 3.05) is 12.4 Å². The maximum absolute atomic E-state index is 12.9. The highest BCUT2D eigenvalue weighted by molar-refractivity contribution is 8.00. The first-order valence-electron chi connectivity index (χ1n) is 9.72. The SMILES string of the molecule is Cc1nc(C2=C(C(=O)S)N3C(=O)[C@@H](NC(=O)Cc4ccccc4)[C@H]3SC2)sc1CCO. The van der Waals surface area contributed by atoms with Crippen molar-refractivity contribution in [2.24, 2.45) is 0 Å². The average molecular weight is 476 g/mol. The van der Waals surface area contributed by atoms with Crippen molar-refractivity contribution in [3.63, 3.8) is 0 Å². The summed E-state index contributed by atoms with van der Waals surface area (Å²) in [5.74, 6) is -0.0768. The van der Waals surface area contributed by atoms with E-state index in [0.717, 1.165) is 16.1 Å². The molecule has 0 unspecified atom stereocenters. The average Bonchev–Trinajstić information content (AvgIpc) is 3.12. The lowest BCUT2D eigenvalue weighted by Crippen LogP contribution is -2.70. The molecular weight excluding hydrogens is 454 g/mol. The smallest absolute Gasteiger partial charge is 0.253 e. The van der Waals surface area contributed by atoms with Gasteiger partial charge >= 0.3 is 0 Å². The molecule has 162 valence electrons. The minimum Gasteiger partial charge on any atom is -0.396 e. The summed E-state index contributed by atoms with van der Waals surface area (Å²) < 4.78 is 0. The number of hydrogen-bond donors (Lipinski definition) is 3. The summed E-state index contributed by atoms with van der Waals surface area (Å²) in [6.45, 7) is 1.88. The number of thiol groups is 1. The molecule has 2 amide bonds. The number of carbonyl (C=O) groups is 3. The lowest BCUT2D eigenvalue weighted by Gasteiger charge is -2.49. The highest BCUT2D eigenvalue weighted by Crippen LogP contribution is 2.44. The quantitative estimate of drug-likeness (QED) is 0.417. The molecule has 2 aromatic rings. The standard InChI is InChI=1S/C21H21N3O4S3/c1-11-14(7-8-25)31-18(22-11)13-10-30-20-16(19(27)24(20)17(13)21(28)29)23-15(26)9-12-5-3-2-4-6-12/h2-6,16,20,25H,7-10H2,1H3,(H,23,26)(H,28,29)/t16-,20-/m1/s1. The third-order valence-corrected chi connectivity index (χ3v) is 7.95. The van der Waals surface area contributed by atoms with Crippen LogP contribution in [0.1, 0.15) is 21.1 Å². The summed E-state index contributed by atoms with van der Waals surface area (Å²) >= 11 is 6.92. The molecule has 2 aliphatic heterocycles. The first-order chi connectivity index (χ1) is 14.9. The summed E-state index contributed by atoms with van der Waals surface area (Å²) in [7, 11) is 0. The zero-order chi connectivity index (χ0) is 22.1. The number of rotatable bonds is 7. The first kappa shape index (κ1) is 22.1. The Bertz CT molecular complexity index is 1070. The Balaban J connectivity index is 1.54. The molecule has 3 heterocycles. The Hall–Kier alpha value is -2.14. The van der Waals surface area contributed by atoms with Crippen molar-refractivity contribution < 1.29 is 19.5 Å². The number of nitrogens with one attached hydrogen (secondary N) is 1. The van der Waals surface area contributed by atoms with Crippen LogP contribution in [0.4, 0.5) is 0 Å². The van der Waals surface area contributed by atoms with Gasteiger partial charge in [0.1, 0.15) is 22.1 Å². The number of aliphatic hydroxyl groups is 1. The van der Waals surface area contributed by atoms with Crippen LogP contribution in [-0.2, 0) is 27.2 Å². The first-order valence-corrected chi connectivity index (χ1v) is 12.0. The van der Waals surface area contributed by atoms with Crippen LogP contribution in [0.15, 0.2) is 36.0 Å². The fourth-order valence-electron chi connectivity index (χ4n) is 3.68. The highest BCUT2D eigenvalue weighted by atomic mass is 32.2. The van der Waals surface area contributed by atoms with Crippen LogP contribution in [0.3, 0.4) is 0 Å². The predicted octanol–water partition coefficient (Wildman–Crippen LogP) is 1.80. The number of carbonyl (C=O) groups excluding carboxylic acids is 3. The van der Waals surface area contributed by atoms with E-state index in [0.29, 0.717) is 22.8 Å². The minimum absolute atomic E-state index is 0.0195. The van der Waals surface area contributed by atoms with Gasteiger partial charge < -0.3 is 10.4 Å². The van der Waals surface area contributed by atoms with Crippen LogP contribution >= 0.6 is 35.7 Å². The van der Waals surface area contributed by atoms with E-state index in [4.69, 9.17) is 0 Å². The van der Waals surface area contributed by atoms with E-state index in [-0.39, 0.29) is 35.9 Å². The number of hydrogen-bond acceptors (Lipinski definition) is 7. The molecule has 1 fully saturated rings. The number of aryl methyl sites for hydroxylation is 1. The summed E-state index contributed by atoms with van der Waals surface area (Å²) in [5, 5.41) is 11.8. The molecule has 1 aromatic heterocycles. The number of aliphatic hydroxyl groups excluding tert-OH is 1. The second kappa shape index (κ2) is 9.15. The Morgan fingerprint density at radius 3 is 2.74 bits per heavy atom. The van der Waals surface area contributed by atoms with E-state index in [9.17, 15) is 19.5 Å². The monoisotopic (exact) mass is 475 g/mol. The van der Waals surface area contributed by atoms with Gasteiger partial charge in [-0.25, -0.2) is 4.98 Å². The van der Waals surface area contributed by atoms with Crippen LogP contribution in [0.5, 0.6) is 0 Å². The van der Waals surface area contributed by atoms with Crippen molar-refractivity contribution >= 4 is 58.2 Å². The number of β-lactam (4-membered cyclic amide) rings is 1. The van der Waals surface area contributed by atoms with Gasteiger partial charge in [0.05, 0.1) is 12.1 Å². The Labute approximate surface area is 193 Å². The molecule has 31 heavy (non-hydrogen) atoms. The molecule has 7 nitrogen and oxygen atoms in total. The minimum atomic E-state index is -0.673. The van der Waals surface area contributed by atoms with Gasteiger partial charge in [-0.15, -0.1) is 23.1 Å². The predicted molar refractivity (Wildman–Crippen MR) is 124 cm³/mol. The fraction of sp³-hybridized carbons (Fsp3) is 0.333. The van der Waals surface area contributed by atoms with E-state index in [1.165, 1.54) is 28.0 Å². The van der Waals surface area contributed by atoms with Gasteiger partial charge in [-0.05, 0) is 12.5 Å². The van der Waals surface area contributed by atoms with Crippen molar-refractivity contribution in [2.45, 2.75) is 31.2 Å². The molecule has 2 N–H and O–H groups in total. The van der Waals surface area contributed by atoms with Gasteiger partial charge in [0.15, 0.2) is 0 Å². The molecule has 0 bridgehead atoms. The van der Waals surface area contributed by atoms with E-state index >= 15 is 0 Å². The molecular formula is C21H21N3O4S3. The zero-order valence-electron chi connectivity index (χ0n) is 16.7. The van der Waals surface area contributed by atoms with Crippen LogP contribution in [-0.4, -0.2) is 55.7 Å². The number of benzene rings is 1. The van der Waals surface area contributed by atoms with Crippen LogP contribution in [0, 0.1) is 6.92 Å². The van der Waals surface area contributed by atoms with E-state index in [1.54, 1.807) is 0 Å². The third-order valence-electron chi connectivity index (χ3n) is 5.18. The van der Waals surface area contributed by atoms with Crippen molar-refractivity contribution in [3.05, 3.63) is 57.2 Å². The number of thiazole rings is 1. The second-order valence-electron chi connectivity index (χ2n) is 7.25. The number of aromatic nitrogens is 1. The van der Waals surface area contributed by atoms with Crippen molar-refractivity contribution in [3.8, 4) is 0 Å². The highest BCUT2D eigenvalue weighted by Gasteiger charge is 2.54. The molecule has 0 saturated carbocycles.